The topological polar surface area (TPSA) is 106 Å². The van der Waals surface area contributed by atoms with Crippen LogP contribution in [0.25, 0.3) is 0 Å². The number of oxime groups is 1. The van der Waals surface area contributed by atoms with Crippen LogP contribution in [0.3, 0.4) is 0 Å². The first-order chi connectivity index (χ1) is 12.5. The summed E-state index contributed by atoms with van der Waals surface area (Å²) in [6.07, 6.45) is 0.563. The van der Waals surface area contributed by atoms with Crippen LogP contribution in [0.2, 0.25) is 0 Å². The molecule has 0 radical (unpaired) electrons. The van der Waals surface area contributed by atoms with Crippen LogP contribution in [0.4, 0.5) is 16.2 Å². The van der Waals surface area contributed by atoms with Crippen LogP contribution in [-0.4, -0.2) is 23.5 Å². The SMILES string of the molecule is CC1NN(c2ccccc2CO/N=C/c2ccc([N+](=O)[O-])cc2)C(=O)O1. The van der Waals surface area contributed by atoms with Gasteiger partial charge in [0, 0.05) is 17.7 Å². The Morgan fingerprint density at radius 1 is 1.31 bits per heavy atom. The quantitative estimate of drug-likeness (QED) is 0.484. The smallest absolute Gasteiger partial charge is 0.428 e. The van der Waals surface area contributed by atoms with E-state index in [1.807, 2.05) is 12.1 Å². The zero-order chi connectivity index (χ0) is 18.5. The van der Waals surface area contributed by atoms with E-state index < -0.39 is 17.2 Å². The molecule has 0 bridgehead atoms. The molecule has 0 spiro atoms. The lowest BCUT2D eigenvalue weighted by Gasteiger charge is -2.16. The highest BCUT2D eigenvalue weighted by molar-refractivity contribution is 5.89. The average Bonchev–Trinajstić information content (AvgIpc) is 2.97. The van der Waals surface area contributed by atoms with E-state index in [4.69, 9.17) is 9.57 Å². The summed E-state index contributed by atoms with van der Waals surface area (Å²) in [5.41, 5.74) is 4.94. The third-order valence-electron chi connectivity index (χ3n) is 3.60. The minimum absolute atomic E-state index is 0.0104. The zero-order valence-corrected chi connectivity index (χ0v) is 13.9. The Balaban J connectivity index is 1.63. The van der Waals surface area contributed by atoms with E-state index in [-0.39, 0.29) is 12.3 Å². The molecule has 1 aliphatic heterocycles. The molecular weight excluding hydrogens is 340 g/mol. The number of benzene rings is 2. The van der Waals surface area contributed by atoms with Gasteiger partial charge >= 0.3 is 6.09 Å². The molecule has 9 heteroatoms. The maximum Gasteiger partial charge on any atom is 0.430 e. The highest BCUT2D eigenvalue weighted by atomic mass is 16.6. The summed E-state index contributed by atoms with van der Waals surface area (Å²) in [5.74, 6) is 0. The summed E-state index contributed by atoms with van der Waals surface area (Å²) >= 11 is 0. The molecule has 2 aromatic carbocycles. The summed E-state index contributed by atoms with van der Waals surface area (Å²) in [5, 5.41) is 15.8. The summed E-state index contributed by atoms with van der Waals surface area (Å²) in [6, 6.07) is 13.1. The van der Waals surface area contributed by atoms with Crippen LogP contribution in [0, 0.1) is 10.1 Å². The van der Waals surface area contributed by atoms with Crippen molar-refractivity contribution in [2.45, 2.75) is 19.8 Å². The van der Waals surface area contributed by atoms with Crippen molar-refractivity contribution >= 4 is 23.7 Å². The molecule has 0 aliphatic carbocycles. The van der Waals surface area contributed by atoms with E-state index >= 15 is 0 Å². The lowest BCUT2D eigenvalue weighted by atomic mass is 10.2. The fourth-order valence-electron chi connectivity index (χ4n) is 2.37. The van der Waals surface area contributed by atoms with Crippen molar-refractivity contribution in [3.63, 3.8) is 0 Å². The molecule has 134 valence electrons. The monoisotopic (exact) mass is 356 g/mol. The molecule has 1 heterocycles. The number of amides is 1. The first-order valence-electron chi connectivity index (χ1n) is 7.79. The molecule has 1 atom stereocenters. The molecule has 1 N–H and O–H groups in total. The van der Waals surface area contributed by atoms with Crippen LogP contribution in [-0.2, 0) is 16.2 Å². The van der Waals surface area contributed by atoms with Gasteiger partial charge in [0.25, 0.3) is 5.69 Å². The van der Waals surface area contributed by atoms with Crippen LogP contribution in [0.15, 0.2) is 53.7 Å². The van der Waals surface area contributed by atoms with Gasteiger partial charge < -0.3 is 9.57 Å². The van der Waals surface area contributed by atoms with Crippen molar-refractivity contribution in [1.29, 1.82) is 0 Å². The number of ether oxygens (including phenoxy) is 1. The number of nitro benzene ring substituents is 1. The van der Waals surface area contributed by atoms with Crippen molar-refractivity contribution in [2.24, 2.45) is 5.16 Å². The van der Waals surface area contributed by atoms with Gasteiger partial charge in [0.2, 0.25) is 0 Å². The van der Waals surface area contributed by atoms with Crippen LogP contribution < -0.4 is 10.4 Å². The lowest BCUT2D eigenvalue weighted by Crippen LogP contribution is -2.36. The minimum atomic E-state index is -0.487. The molecule has 26 heavy (non-hydrogen) atoms. The van der Waals surface area contributed by atoms with Gasteiger partial charge in [-0.25, -0.2) is 9.80 Å². The highest BCUT2D eigenvalue weighted by Gasteiger charge is 2.30. The third kappa shape index (κ3) is 3.95. The Morgan fingerprint density at radius 3 is 2.69 bits per heavy atom. The Bertz CT molecular complexity index is 837. The summed E-state index contributed by atoms with van der Waals surface area (Å²) in [4.78, 5) is 27.3. The number of carbonyl (C=O) groups is 1. The number of hydrogen-bond acceptors (Lipinski definition) is 7. The van der Waals surface area contributed by atoms with E-state index in [0.29, 0.717) is 11.3 Å². The van der Waals surface area contributed by atoms with Crippen molar-refractivity contribution in [2.75, 3.05) is 5.01 Å². The van der Waals surface area contributed by atoms with E-state index in [9.17, 15) is 14.9 Å². The molecule has 3 rings (SSSR count). The molecule has 2 aromatic rings. The molecule has 1 unspecified atom stereocenters. The molecule has 1 saturated heterocycles. The maximum atomic E-state index is 11.9. The highest BCUT2D eigenvalue weighted by Crippen LogP contribution is 2.23. The molecule has 1 aliphatic rings. The number of anilines is 1. The van der Waals surface area contributed by atoms with Gasteiger partial charge in [0.15, 0.2) is 6.23 Å². The number of hydrazine groups is 1. The van der Waals surface area contributed by atoms with Crippen LogP contribution in [0.5, 0.6) is 0 Å². The van der Waals surface area contributed by atoms with Crippen LogP contribution in [0.1, 0.15) is 18.1 Å². The van der Waals surface area contributed by atoms with E-state index in [2.05, 4.69) is 10.6 Å². The number of nitro groups is 1. The minimum Gasteiger partial charge on any atom is -0.428 e. The van der Waals surface area contributed by atoms with Crippen molar-refractivity contribution < 1.29 is 19.3 Å². The van der Waals surface area contributed by atoms with Crippen molar-refractivity contribution in [3.05, 3.63) is 69.8 Å². The normalized spacial score (nSPS) is 16.7. The Hall–Kier alpha value is -3.46. The van der Waals surface area contributed by atoms with Gasteiger partial charge in [-0.05, 0) is 30.7 Å². The lowest BCUT2D eigenvalue weighted by molar-refractivity contribution is -0.384. The number of nitrogens with zero attached hydrogens (tertiary/aromatic N) is 3. The molecule has 9 nitrogen and oxygen atoms in total. The van der Waals surface area contributed by atoms with Gasteiger partial charge in [0.1, 0.15) is 6.61 Å². The Labute approximate surface area is 148 Å². The molecule has 0 saturated carbocycles. The van der Waals surface area contributed by atoms with Gasteiger partial charge in [-0.15, -0.1) is 0 Å². The van der Waals surface area contributed by atoms with Gasteiger partial charge in [-0.3, -0.25) is 10.1 Å². The maximum absolute atomic E-state index is 11.9. The molecule has 0 aromatic heterocycles. The summed E-state index contributed by atoms with van der Waals surface area (Å²) < 4.78 is 5.05. The second-order valence-electron chi connectivity index (χ2n) is 5.48. The molecule has 1 amide bonds. The van der Waals surface area contributed by atoms with Gasteiger partial charge in [-0.2, -0.15) is 5.43 Å². The summed E-state index contributed by atoms with van der Waals surface area (Å²) in [6.45, 7) is 1.87. The largest absolute Gasteiger partial charge is 0.430 e. The fraction of sp³-hybridized carbons (Fsp3) is 0.176. The van der Waals surface area contributed by atoms with E-state index in [1.165, 1.54) is 23.4 Å². The molecule has 1 fully saturated rings. The van der Waals surface area contributed by atoms with Crippen molar-refractivity contribution in [1.82, 2.24) is 5.43 Å². The fourth-order valence-corrected chi connectivity index (χ4v) is 2.37. The first-order valence-corrected chi connectivity index (χ1v) is 7.79. The Morgan fingerprint density at radius 2 is 2.04 bits per heavy atom. The van der Waals surface area contributed by atoms with Gasteiger partial charge in [-0.1, -0.05) is 23.4 Å². The number of rotatable bonds is 6. The van der Waals surface area contributed by atoms with Crippen LogP contribution >= 0.6 is 0 Å². The standard InChI is InChI=1S/C17H16N4O5/c1-12-19-20(17(22)26-12)16-5-3-2-4-14(16)11-25-18-10-13-6-8-15(9-7-13)21(23)24/h2-10,12,19H,11H2,1H3/b18-10+. The summed E-state index contributed by atoms with van der Waals surface area (Å²) in [7, 11) is 0. The number of nitrogens with one attached hydrogen (secondary N) is 1. The number of para-hydroxylation sites is 1. The molecular formula is C17H16N4O5. The second-order valence-corrected chi connectivity index (χ2v) is 5.48. The van der Waals surface area contributed by atoms with Gasteiger partial charge in [0.05, 0.1) is 16.8 Å². The average molecular weight is 356 g/mol. The third-order valence-corrected chi connectivity index (χ3v) is 3.60. The predicted octanol–water partition coefficient (Wildman–Crippen LogP) is 2.95. The number of cyclic esters (lactones) is 1. The zero-order valence-electron chi connectivity index (χ0n) is 13.9. The number of hydrogen-bond donors (Lipinski definition) is 1. The first kappa shape index (κ1) is 17.4. The predicted molar refractivity (Wildman–Crippen MR) is 93.5 cm³/mol. The second kappa shape index (κ2) is 7.62. The number of carbonyl (C=O) groups excluding carboxylic acids is 1. The van der Waals surface area contributed by atoms with E-state index in [1.54, 1.807) is 31.2 Å². The van der Waals surface area contributed by atoms with Crippen molar-refractivity contribution in [3.8, 4) is 0 Å². The number of non-ortho nitro benzene ring substituents is 1. The Kier molecular flexibility index (Phi) is 5.09. The van der Waals surface area contributed by atoms with E-state index in [0.717, 1.165) is 5.56 Å².